The van der Waals surface area contributed by atoms with Crippen molar-refractivity contribution in [1.29, 1.82) is 0 Å². The van der Waals surface area contributed by atoms with Gasteiger partial charge in [0.05, 0.1) is 5.69 Å². The number of carbonyl (C=O) groups excluding carboxylic acids is 1. The SMILES string of the molecule is Cc1ccc(NC(=O)C(Sc2nnnn2-c2ccccc2C)c2ccccc2)cc1. The summed E-state index contributed by atoms with van der Waals surface area (Å²) >= 11 is 1.32. The van der Waals surface area contributed by atoms with Gasteiger partial charge in [0.2, 0.25) is 11.1 Å². The van der Waals surface area contributed by atoms with Gasteiger partial charge in [-0.3, -0.25) is 4.79 Å². The van der Waals surface area contributed by atoms with Gasteiger partial charge in [0.25, 0.3) is 0 Å². The van der Waals surface area contributed by atoms with E-state index in [1.165, 1.54) is 11.8 Å². The third kappa shape index (κ3) is 4.41. The fraction of sp³-hybridized carbons (Fsp3) is 0.130. The number of benzene rings is 3. The molecule has 0 aliphatic carbocycles. The minimum absolute atomic E-state index is 0.130. The van der Waals surface area contributed by atoms with E-state index < -0.39 is 5.25 Å². The molecule has 0 saturated heterocycles. The Labute approximate surface area is 179 Å². The lowest BCUT2D eigenvalue weighted by Crippen LogP contribution is -2.19. The number of aromatic nitrogens is 4. The van der Waals surface area contributed by atoms with E-state index >= 15 is 0 Å². The topological polar surface area (TPSA) is 72.7 Å². The van der Waals surface area contributed by atoms with Crippen LogP contribution in [0.25, 0.3) is 5.69 Å². The predicted octanol–water partition coefficient (Wildman–Crippen LogP) is 4.75. The molecule has 1 atom stereocenters. The van der Waals surface area contributed by atoms with E-state index in [-0.39, 0.29) is 5.91 Å². The van der Waals surface area contributed by atoms with Crippen molar-refractivity contribution in [1.82, 2.24) is 20.2 Å². The molecule has 1 N–H and O–H groups in total. The molecule has 6 nitrogen and oxygen atoms in total. The van der Waals surface area contributed by atoms with E-state index in [9.17, 15) is 4.79 Å². The van der Waals surface area contributed by atoms with Crippen molar-refractivity contribution in [2.45, 2.75) is 24.3 Å². The summed E-state index contributed by atoms with van der Waals surface area (Å²) in [5, 5.41) is 15.2. The summed E-state index contributed by atoms with van der Waals surface area (Å²) in [4.78, 5) is 13.2. The summed E-state index contributed by atoms with van der Waals surface area (Å²) in [5.41, 5.74) is 4.71. The van der Waals surface area contributed by atoms with E-state index in [2.05, 4.69) is 20.8 Å². The molecule has 30 heavy (non-hydrogen) atoms. The van der Waals surface area contributed by atoms with Crippen LogP contribution < -0.4 is 5.32 Å². The minimum Gasteiger partial charge on any atom is -0.325 e. The maximum absolute atomic E-state index is 13.2. The van der Waals surface area contributed by atoms with Crippen molar-refractivity contribution >= 4 is 23.4 Å². The fourth-order valence-electron chi connectivity index (χ4n) is 3.06. The number of hydrogen-bond acceptors (Lipinski definition) is 5. The van der Waals surface area contributed by atoms with Gasteiger partial charge in [-0.05, 0) is 53.6 Å². The van der Waals surface area contributed by atoms with Crippen LogP contribution in [0.2, 0.25) is 0 Å². The molecule has 0 aliphatic rings. The number of hydrogen-bond donors (Lipinski definition) is 1. The zero-order valence-corrected chi connectivity index (χ0v) is 17.5. The highest BCUT2D eigenvalue weighted by Gasteiger charge is 2.25. The smallest absolute Gasteiger partial charge is 0.242 e. The molecule has 1 aromatic heterocycles. The third-order valence-corrected chi connectivity index (χ3v) is 5.85. The standard InChI is InChI=1S/C23H21N5OS/c1-16-12-14-19(15-13-16)24-22(29)21(18-9-4-3-5-10-18)30-23-25-26-27-28(23)20-11-7-6-8-17(20)2/h3-15,21H,1-2H3,(H,24,29). The van der Waals surface area contributed by atoms with Crippen molar-refractivity contribution in [2.24, 2.45) is 0 Å². The molecule has 7 heteroatoms. The van der Waals surface area contributed by atoms with Gasteiger partial charge in [-0.1, -0.05) is 78.0 Å². The zero-order chi connectivity index (χ0) is 20.9. The molecule has 4 rings (SSSR count). The lowest BCUT2D eigenvalue weighted by atomic mass is 10.1. The average Bonchev–Trinajstić information content (AvgIpc) is 3.22. The summed E-state index contributed by atoms with van der Waals surface area (Å²) in [6, 6.07) is 25.3. The van der Waals surface area contributed by atoms with Crippen LogP contribution in [0, 0.1) is 13.8 Å². The number of thioether (sulfide) groups is 1. The second-order valence-electron chi connectivity index (χ2n) is 6.92. The van der Waals surface area contributed by atoms with Gasteiger partial charge >= 0.3 is 0 Å². The minimum atomic E-state index is -0.513. The van der Waals surface area contributed by atoms with Gasteiger partial charge in [0.15, 0.2) is 0 Å². The Morgan fingerprint density at radius 2 is 1.63 bits per heavy atom. The molecular formula is C23H21N5OS. The molecule has 0 bridgehead atoms. The van der Waals surface area contributed by atoms with E-state index in [1.807, 2.05) is 92.7 Å². The van der Waals surface area contributed by atoms with Crippen LogP contribution in [0.4, 0.5) is 5.69 Å². The normalized spacial score (nSPS) is 11.8. The highest BCUT2D eigenvalue weighted by Crippen LogP contribution is 2.36. The van der Waals surface area contributed by atoms with Crippen molar-refractivity contribution in [2.75, 3.05) is 5.32 Å². The number of nitrogens with zero attached hydrogens (tertiary/aromatic N) is 4. The summed E-state index contributed by atoms with van der Waals surface area (Å²) in [5.74, 6) is -0.130. The summed E-state index contributed by atoms with van der Waals surface area (Å²) in [6.07, 6.45) is 0. The number of nitrogens with one attached hydrogen (secondary N) is 1. The molecule has 0 radical (unpaired) electrons. The molecular weight excluding hydrogens is 394 g/mol. The number of amides is 1. The average molecular weight is 416 g/mol. The first kappa shape index (κ1) is 19.8. The molecule has 1 heterocycles. The summed E-state index contributed by atoms with van der Waals surface area (Å²) in [6.45, 7) is 4.02. The van der Waals surface area contributed by atoms with E-state index in [1.54, 1.807) is 4.68 Å². The number of rotatable bonds is 6. The fourth-order valence-corrected chi connectivity index (χ4v) is 4.04. The maximum Gasteiger partial charge on any atom is 0.242 e. The largest absolute Gasteiger partial charge is 0.325 e. The first-order valence-corrected chi connectivity index (χ1v) is 10.4. The van der Waals surface area contributed by atoms with Gasteiger partial charge in [-0.2, -0.15) is 4.68 Å². The third-order valence-electron chi connectivity index (χ3n) is 4.67. The Hall–Kier alpha value is -3.45. The Morgan fingerprint density at radius 1 is 0.933 bits per heavy atom. The van der Waals surface area contributed by atoms with Gasteiger partial charge in [-0.15, -0.1) is 5.10 Å². The zero-order valence-electron chi connectivity index (χ0n) is 16.7. The highest BCUT2D eigenvalue weighted by atomic mass is 32.2. The molecule has 1 amide bonds. The lowest BCUT2D eigenvalue weighted by molar-refractivity contribution is -0.115. The summed E-state index contributed by atoms with van der Waals surface area (Å²) in [7, 11) is 0. The first-order chi connectivity index (χ1) is 14.6. The maximum atomic E-state index is 13.2. The number of anilines is 1. The van der Waals surface area contributed by atoms with E-state index in [0.29, 0.717) is 5.16 Å². The number of carbonyl (C=O) groups is 1. The molecule has 3 aromatic carbocycles. The summed E-state index contributed by atoms with van der Waals surface area (Å²) < 4.78 is 1.68. The molecule has 0 spiro atoms. The number of para-hydroxylation sites is 1. The van der Waals surface area contributed by atoms with Crippen LogP contribution in [0.3, 0.4) is 0 Å². The van der Waals surface area contributed by atoms with Crippen molar-refractivity contribution in [3.8, 4) is 5.69 Å². The van der Waals surface area contributed by atoms with Gasteiger partial charge in [-0.25, -0.2) is 0 Å². The Kier molecular flexibility index (Phi) is 5.90. The van der Waals surface area contributed by atoms with Crippen LogP contribution in [0.15, 0.2) is 84.0 Å². The van der Waals surface area contributed by atoms with Crippen molar-refractivity contribution < 1.29 is 4.79 Å². The monoisotopic (exact) mass is 415 g/mol. The molecule has 150 valence electrons. The van der Waals surface area contributed by atoms with E-state index in [0.717, 1.165) is 28.1 Å². The molecule has 0 fully saturated rings. The van der Waals surface area contributed by atoms with Crippen LogP contribution in [0.1, 0.15) is 21.9 Å². The molecule has 4 aromatic rings. The van der Waals surface area contributed by atoms with Crippen LogP contribution in [-0.4, -0.2) is 26.1 Å². The lowest BCUT2D eigenvalue weighted by Gasteiger charge is -2.17. The Balaban J connectivity index is 1.65. The van der Waals surface area contributed by atoms with Gasteiger partial charge < -0.3 is 5.32 Å². The van der Waals surface area contributed by atoms with Crippen LogP contribution >= 0.6 is 11.8 Å². The second kappa shape index (κ2) is 8.92. The Bertz CT molecular complexity index is 1140. The number of aryl methyl sites for hydroxylation is 2. The van der Waals surface area contributed by atoms with Gasteiger partial charge in [0, 0.05) is 5.69 Å². The number of tetrazole rings is 1. The van der Waals surface area contributed by atoms with Crippen LogP contribution in [-0.2, 0) is 4.79 Å². The molecule has 0 aliphatic heterocycles. The predicted molar refractivity (Wildman–Crippen MR) is 119 cm³/mol. The molecule has 1 unspecified atom stereocenters. The second-order valence-corrected chi connectivity index (χ2v) is 8.00. The molecule has 0 saturated carbocycles. The first-order valence-electron chi connectivity index (χ1n) is 9.55. The Morgan fingerprint density at radius 3 is 2.37 bits per heavy atom. The van der Waals surface area contributed by atoms with E-state index in [4.69, 9.17) is 0 Å². The van der Waals surface area contributed by atoms with Crippen LogP contribution in [0.5, 0.6) is 0 Å². The van der Waals surface area contributed by atoms with Crippen molar-refractivity contribution in [3.63, 3.8) is 0 Å². The van der Waals surface area contributed by atoms with Crippen molar-refractivity contribution in [3.05, 3.63) is 95.6 Å². The van der Waals surface area contributed by atoms with Gasteiger partial charge in [0.1, 0.15) is 5.25 Å². The highest BCUT2D eigenvalue weighted by molar-refractivity contribution is 8.00. The quantitative estimate of drug-likeness (QED) is 0.460.